The molecule has 0 aliphatic carbocycles. The maximum absolute atomic E-state index is 9.17. The standard InChI is InChI=1S/C16H20N2O2/c1-12(2)16(5-7-17,6-8-18)13-9-14(19-3)11-15(10-13)20-4/h9-12H,5-6H2,1-4H3. The van der Waals surface area contributed by atoms with Crippen LogP contribution in [0.1, 0.15) is 32.3 Å². The largest absolute Gasteiger partial charge is 0.497 e. The summed E-state index contributed by atoms with van der Waals surface area (Å²) in [6, 6.07) is 9.99. The Hall–Kier alpha value is -2.20. The number of rotatable bonds is 6. The van der Waals surface area contributed by atoms with E-state index in [0.717, 1.165) is 5.56 Å². The van der Waals surface area contributed by atoms with Gasteiger partial charge in [-0.2, -0.15) is 10.5 Å². The van der Waals surface area contributed by atoms with E-state index in [1.54, 1.807) is 20.3 Å². The molecule has 0 saturated heterocycles. The van der Waals surface area contributed by atoms with Gasteiger partial charge in [0.15, 0.2) is 0 Å². The van der Waals surface area contributed by atoms with Crippen LogP contribution in [0.5, 0.6) is 11.5 Å². The fraction of sp³-hybridized carbons (Fsp3) is 0.500. The van der Waals surface area contributed by atoms with Gasteiger partial charge in [-0.25, -0.2) is 0 Å². The average Bonchev–Trinajstić information content (AvgIpc) is 2.45. The minimum absolute atomic E-state index is 0.151. The van der Waals surface area contributed by atoms with Crippen molar-refractivity contribution < 1.29 is 9.47 Å². The molecule has 0 bridgehead atoms. The molecule has 0 amide bonds. The highest BCUT2D eigenvalue weighted by atomic mass is 16.5. The van der Waals surface area contributed by atoms with Crippen molar-refractivity contribution in [3.63, 3.8) is 0 Å². The van der Waals surface area contributed by atoms with Gasteiger partial charge in [0, 0.05) is 24.3 Å². The predicted octanol–water partition coefficient (Wildman–Crippen LogP) is 3.42. The summed E-state index contributed by atoms with van der Waals surface area (Å²) < 4.78 is 10.6. The minimum Gasteiger partial charge on any atom is -0.497 e. The molecule has 4 nitrogen and oxygen atoms in total. The Balaban J connectivity index is 3.47. The van der Waals surface area contributed by atoms with Crippen molar-refractivity contribution in [3.05, 3.63) is 23.8 Å². The Morgan fingerprint density at radius 2 is 1.45 bits per heavy atom. The topological polar surface area (TPSA) is 66.0 Å². The normalized spacial score (nSPS) is 10.8. The first-order valence-electron chi connectivity index (χ1n) is 6.51. The van der Waals surface area contributed by atoms with Gasteiger partial charge in [0.25, 0.3) is 0 Å². The summed E-state index contributed by atoms with van der Waals surface area (Å²) in [5, 5.41) is 18.3. The fourth-order valence-electron chi connectivity index (χ4n) is 2.39. The van der Waals surface area contributed by atoms with Gasteiger partial charge in [0.1, 0.15) is 11.5 Å². The van der Waals surface area contributed by atoms with E-state index in [1.807, 2.05) is 26.0 Å². The maximum Gasteiger partial charge on any atom is 0.122 e. The van der Waals surface area contributed by atoms with Crippen molar-refractivity contribution >= 4 is 0 Å². The van der Waals surface area contributed by atoms with Crippen LogP contribution in [-0.2, 0) is 5.41 Å². The summed E-state index contributed by atoms with van der Waals surface area (Å²) >= 11 is 0. The molecule has 0 atom stereocenters. The first-order chi connectivity index (χ1) is 9.53. The summed E-state index contributed by atoms with van der Waals surface area (Å²) in [7, 11) is 3.17. The number of hydrogen-bond donors (Lipinski definition) is 0. The Kier molecular flexibility index (Phi) is 5.41. The van der Waals surface area contributed by atoms with Gasteiger partial charge in [0.2, 0.25) is 0 Å². The van der Waals surface area contributed by atoms with Gasteiger partial charge in [-0.05, 0) is 23.6 Å². The third-order valence-electron chi connectivity index (χ3n) is 3.82. The molecule has 0 spiro atoms. The molecule has 1 aromatic carbocycles. The third-order valence-corrected chi connectivity index (χ3v) is 3.82. The summed E-state index contributed by atoms with van der Waals surface area (Å²) in [5.41, 5.74) is 0.400. The zero-order chi connectivity index (χ0) is 15.2. The van der Waals surface area contributed by atoms with E-state index in [4.69, 9.17) is 20.0 Å². The van der Waals surface area contributed by atoms with Crippen LogP contribution in [0.15, 0.2) is 18.2 Å². The molecule has 0 radical (unpaired) electrons. The van der Waals surface area contributed by atoms with Gasteiger partial charge in [-0.15, -0.1) is 0 Å². The van der Waals surface area contributed by atoms with Crippen LogP contribution >= 0.6 is 0 Å². The maximum atomic E-state index is 9.17. The Morgan fingerprint density at radius 3 is 1.75 bits per heavy atom. The monoisotopic (exact) mass is 272 g/mol. The second kappa shape index (κ2) is 6.82. The molecular formula is C16H20N2O2. The molecule has 0 aromatic heterocycles. The Bertz CT molecular complexity index is 500. The van der Waals surface area contributed by atoms with Crippen LogP contribution in [0.4, 0.5) is 0 Å². The number of methoxy groups -OCH3 is 2. The number of hydrogen-bond acceptors (Lipinski definition) is 4. The van der Waals surface area contributed by atoms with E-state index in [9.17, 15) is 0 Å². The van der Waals surface area contributed by atoms with E-state index in [0.29, 0.717) is 11.5 Å². The molecule has 0 unspecified atom stereocenters. The highest BCUT2D eigenvalue weighted by molar-refractivity contribution is 5.43. The quantitative estimate of drug-likeness (QED) is 0.795. The second-order valence-electron chi connectivity index (χ2n) is 5.08. The molecule has 1 rings (SSSR count). The SMILES string of the molecule is COc1cc(OC)cc(C(CC#N)(CC#N)C(C)C)c1. The number of ether oxygens (including phenoxy) is 2. The fourth-order valence-corrected chi connectivity index (χ4v) is 2.39. The van der Waals surface area contributed by atoms with Crippen LogP contribution in [0.25, 0.3) is 0 Å². The van der Waals surface area contributed by atoms with Crippen LogP contribution in [0.3, 0.4) is 0 Å². The van der Waals surface area contributed by atoms with Crippen molar-refractivity contribution in [2.24, 2.45) is 5.92 Å². The second-order valence-corrected chi connectivity index (χ2v) is 5.08. The van der Waals surface area contributed by atoms with Gasteiger partial charge in [0.05, 0.1) is 26.4 Å². The molecule has 0 heterocycles. The first-order valence-corrected chi connectivity index (χ1v) is 6.51. The van der Waals surface area contributed by atoms with Crippen LogP contribution in [0, 0.1) is 28.6 Å². The van der Waals surface area contributed by atoms with E-state index >= 15 is 0 Å². The van der Waals surface area contributed by atoms with E-state index in [-0.39, 0.29) is 18.8 Å². The highest BCUT2D eigenvalue weighted by Crippen LogP contribution is 2.41. The molecule has 0 N–H and O–H groups in total. The Morgan fingerprint density at radius 1 is 1.00 bits per heavy atom. The van der Waals surface area contributed by atoms with Gasteiger partial charge in [-0.1, -0.05) is 13.8 Å². The number of benzene rings is 1. The van der Waals surface area contributed by atoms with E-state index in [1.165, 1.54) is 0 Å². The summed E-state index contributed by atoms with van der Waals surface area (Å²) in [6.07, 6.45) is 0.573. The van der Waals surface area contributed by atoms with E-state index < -0.39 is 5.41 Å². The minimum atomic E-state index is -0.509. The summed E-state index contributed by atoms with van der Waals surface area (Å²) in [4.78, 5) is 0. The molecule has 106 valence electrons. The molecule has 4 heteroatoms. The predicted molar refractivity (Wildman–Crippen MR) is 76.5 cm³/mol. The van der Waals surface area contributed by atoms with Crippen LogP contribution < -0.4 is 9.47 Å². The molecule has 0 fully saturated rings. The van der Waals surface area contributed by atoms with Crippen molar-refractivity contribution in [1.82, 2.24) is 0 Å². The summed E-state index contributed by atoms with van der Waals surface area (Å²) in [6.45, 7) is 4.06. The lowest BCUT2D eigenvalue weighted by Gasteiger charge is -2.34. The number of nitriles is 2. The third kappa shape index (κ3) is 3.03. The van der Waals surface area contributed by atoms with Crippen LogP contribution in [-0.4, -0.2) is 14.2 Å². The number of nitrogens with zero attached hydrogens (tertiary/aromatic N) is 2. The van der Waals surface area contributed by atoms with Crippen molar-refractivity contribution in [1.29, 1.82) is 10.5 Å². The lowest BCUT2D eigenvalue weighted by molar-refractivity contribution is 0.312. The van der Waals surface area contributed by atoms with Gasteiger partial charge < -0.3 is 9.47 Å². The lowest BCUT2D eigenvalue weighted by atomic mass is 9.67. The van der Waals surface area contributed by atoms with Crippen molar-refractivity contribution in [2.45, 2.75) is 32.1 Å². The molecule has 0 aliphatic rings. The highest BCUT2D eigenvalue weighted by Gasteiger charge is 2.36. The van der Waals surface area contributed by atoms with Crippen molar-refractivity contribution in [2.75, 3.05) is 14.2 Å². The average molecular weight is 272 g/mol. The lowest BCUT2D eigenvalue weighted by Crippen LogP contribution is -2.31. The molecule has 20 heavy (non-hydrogen) atoms. The van der Waals surface area contributed by atoms with Gasteiger partial charge >= 0.3 is 0 Å². The van der Waals surface area contributed by atoms with Gasteiger partial charge in [-0.3, -0.25) is 0 Å². The molecule has 0 aliphatic heterocycles. The van der Waals surface area contributed by atoms with Crippen LogP contribution in [0.2, 0.25) is 0 Å². The van der Waals surface area contributed by atoms with Crippen molar-refractivity contribution in [3.8, 4) is 23.6 Å². The summed E-state index contributed by atoms with van der Waals surface area (Å²) in [5.74, 6) is 1.49. The van der Waals surface area contributed by atoms with E-state index in [2.05, 4.69) is 12.1 Å². The molecule has 0 saturated carbocycles. The Labute approximate surface area is 120 Å². The molecule has 1 aromatic rings. The first kappa shape index (κ1) is 15.9. The smallest absolute Gasteiger partial charge is 0.122 e. The zero-order valence-electron chi connectivity index (χ0n) is 12.4. The zero-order valence-corrected chi connectivity index (χ0v) is 12.4. The molecular weight excluding hydrogens is 252 g/mol.